The molecular formula is C13H17N3O4. The number of carbonyl (C=O) groups is 1. The molecule has 108 valence electrons. The molecule has 0 saturated carbocycles. The van der Waals surface area contributed by atoms with Gasteiger partial charge in [-0.3, -0.25) is 14.9 Å². The van der Waals surface area contributed by atoms with Crippen LogP contribution in [0.4, 0.5) is 11.4 Å². The van der Waals surface area contributed by atoms with Crippen LogP contribution in [0.5, 0.6) is 5.75 Å². The molecule has 0 aliphatic rings. The molecule has 0 fully saturated rings. The van der Waals surface area contributed by atoms with Crippen LogP contribution >= 0.6 is 0 Å². The lowest BCUT2D eigenvalue weighted by atomic mass is 10.1. The molecule has 0 bridgehead atoms. The Morgan fingerprint density at radius 2 is 2.20 bits per heavy atom. The van der Waals surface area contributed by atoms with E-state index in [0.29, 0.717) is 6.54 Å². The Morgan fingerprint density at radius 1 is 1.50 bits per heavy atom. The van der Waals surface area contributed by atoms with Gasteiger partial charge >= 0.3 is 0 Å². The first kappa shape index (κ1) is 15.5. The molecule has 0 unspecified atom stereocenters. The van der Waals surface area contributed by atoms with Crippen LogP contribution in [-0.4, -0.2) is 24.5 Å². The minimum Gasteiger partial charge on any atom is -0.494 e. The summed E-state index contributed by atoms with van der Waals surface area (Å²) in [5.41, 5.74) is 5.16. The predicted molar refractivity (Wildman–Crippen MR) is 76.1 cm³/mol. The van der Waals surface area contributed by atoms with Crippen molar-refractivity contribution in [1.82, 2.24) is 0 Å². The standard InChI is InChI=1S/C13H17N3O4/c1-3-4-5-6-15-12-10(16(18)19)7-9(13(14)17)8-11(12)20-2/h4-5,7-8,15H,3,6H2,1-2H3,(H2,14,17)/b5-4+. The summed E-state index contributed by atoms with van der Waals surface area (Å²) in [5.74, 6) is -0.540. The molecule has 0 aliphatic heterocycles. The summed E-state index contributed by atoms with van der Waals surface area (Å²) in [5, 5.41) is 14.0. The summed E-state index contributed by atoms with van der Waals surface area (Å²) in [7, 11) is 1.37. The number of rotatable bonds is 7. The Kier molecular flexibility index (Phi) is 5.52. The van der Waals surface area contributed by atoms with Crippen molar-refractivity contribution < 1.29 is 14.5 Å². The predicted octanol–water partition coefficient (Wildman–Crippen LogP) is 2.08. The van der Waals surface area contributed by atoms with E-state index < -0.39 is 10.8 Å². The molecule has 0 saturated heterocycles. The Balaban J connectivity index is 3.21. The van der Waals surface area contributed by atoms with Gasteiger partial charge in [-0.2, -0.15) is 0 Å². The number of nitro benzene ring substituents is 1. The van der Waals surface area contributed by atoms with Gasteiger partial charge in [-0.05, 0) is 12.5 Å². The number of methoxy groups -OCH3 is 1. The van der Waals surface area contributed by atoms with Crippen LogP contribution in [0.1, 0.15) is 23.7 Å². The largest absolute Gasteiger partial charge is 0.494 e. The van der Waals surface area contributed by atoms with Gasteiger partial charge in [0, 0.05) is 18.2 Å². The quantitative estimate of drug-likeness (QED) is 0.451. The number of nitrogens with two attached hydrogens (primary N) is 1. The number of hydrogen-bond donors (Lipinski definition) is 2. The average Bonchev–Trinajstić information content (AvgIpc) is 2.42. The topological polar surface area (TPSA) is 107 Å². The summed E-state index contributed by atoms with van der Waals surface area (Å²) < 4.78 is 5.09. The highest BCUT2D eigenvalue weighted by molar-refractivity contribution is 5.95. The van der Waals surface area contributed by atoms with Crippen molar-refractivity contribution in [1.29, 1.82) is 0 Å². The SMILES string of the molecule is CC/C=C/CNc1c(OC)cc(C(N)=O)cc1[N+](=O)[O-]. The van der Waals surface area contributed by atoms with Crippen LogP contribution in [-0.2, 0) is 0 Å². The number of allylic oxidation sites excluding steroid dienone is 1. The number of nitrogens with one attached hydrogen (secondary N) is 1. The van der Waals surface area contributed by atoms with Gasteiger partial charge in [-0.1, -0.05) is 19.1 Å². The third kappa shape index (κ3) is 3.71. The molecule has 7 nitrogen and oxygen atoms in total. The van der Waals surface area contributed by atoms with E-state index in [4.69, 9.17) is 10.5 Å². The van der Waals surface area contributed by atoms with E-state index in [1.165, 1.54) is 13.2 Å². The first-order valence-corrected chi connectivity index (χ1v) is 6.06. The second-order valence-corrected chi connectivity index (χ2v) is 3.95. The molecule has 0 heterocycles. The molecule has 0 aromatic heterocycles. The molecule has 3 N–H and O–H groups in total. The number of primary amides is 1. The fourth-order valence-electron chi connectivity index (χ4n) is 1.64. The maximum absolute atomic E-state index is 11.2. The van der Waals surface area contributed by atoms with Crippen LogP contribution < -0.4 is 15.8 Å². The van der Waals surface area contributed by atoms with Crippen LogP contribution in [0.2, 0.25) is 0 Å². The number of benzene rings is 1. The van der Waals surface area contributed by atoms with Crippen molar-refractivity contribution >= 4 is 17.3 Å². The third-order valence-electron chi connectivity index (χ3n) is 2.58. The van der Waals surface area contributed by atoms with Crippen molar-refractivity contribution in [2.24, 2.45) is 5.73 Å². The molecule has 0 atom stereocenters. The normalized spacial score (nSPS) is 10.5. The fourth-order valence-corrected chi connectivity index (χ4v) is 1.64. The highest BCUT2D eigenvalue weighted by Gasteiger charge is 2.21. The van der Waals surface area contributed by atoms with E-state index in [9.17, 15) is 14.9 Å². The number of amides is 1. The van der Waals surface area contributed by atoms with Crippen molar-refractivity contribution in [2.45, 2.75) is 13.3 Å². The number of hydrogen-bond acceptors (Lipinski definition) is 5. The molecule has 7 heteroatoms. The van der Waals surface area contributed by atoms with Gasteiger partial charge in [0.1, 0.15) is 5.75 Å². The number of anilines is 1. The van der Waals surface area contributed by atoms with Gasteiger partial charge in [0.2, 0.25) is 5.91 Å². The van der Waals surface area contributed by atoms with E-state index >= 15 is 0 Å². The molecule has 0 aliphatic carbocycles. The smallest absolute Gasteiger partial charge is 0.296 e. The maximum atomic E-state index is 11.2. The molecular weight excluding hydrogens is 262 g/mol. The molecule has 1 amide bonds. The summed E-state index contributed by atoms with van der Waals surface area (Å²) >= 11 is 0. The zero-order valence-electron chi connectivity index (χ0n) is 11.4. The number of ether oxygens (including phenoxy) is 1. The lowest BCUT2D eigenvalue weighted by Gasteiger charge is -2.11. The molecule has 0 spiro atoms. The first-order chi connectivity index (χ1) is 9.51. The minimum absolute atomic E-state index is 0.0307. The van der Waals surface area contributed by atoms with E-state index in [2.05, 4.69) is 5.32 Å². The second kappa shape index (κ2) is 7.13. The Bertz CT molecular complexity index is 541. The molecule has 1 aromatic carbocycles. The van der Waals surface area contributed by atoms with Crippen LogP contribution in [0.15, 0.2) is 24.3 Å². The maximum Gasteiger partial charge on any atom is 0.296 e. The highest BCUT2D eigenvalue weighted by Crippen LogP contribution is 2.35. The van der Waals surface area contributed by atoms with Gasteiger partial charge in [-0.15, -0.1) is 0 Å². The minimum atomic E-state index is -0.746. The lowest BCUT2D eigenvalue weighted by Crippen LogP contribution is -2.13. The molecule has 1 rings (SSSR count). The third-order valence-corrected chi connectivity index (χ3v) is 2.58. The van der Waals surface area contributed by atoms with E-state index in [-0.39, 0.29) is 22.7 Å². The van der Waals surface area contributed by atoms with Gasteiger partial charge in [0.05, 0.1) is 12.0 Å². The monoisotopic (exact) mass is 279 g/mol. The Hall–Kier alpha value is -2.57. The van der Waals surface area contributed by atoms with Crippen LogP contribution in [0.3, 0.4) is 0 Å². The van der Waals surface area contributed by atoms with Crippen molar-refractivity contribution in [3.63, 3.8) is 0 Å². The van der Waals surface area contributed by atoms with Crippen LogP contribution in [0, 0.1) is 10.1 Å². The molecule has 0 radical (unpaired) electrons. The summed E-state index contributed by atoms with van der Waals surface area (Å²) in [4.78, 5) is 21.7. The van der Waals surface area contributed by atoms with Gasteiger partial charge < -0.3 is 15.8 Å². The molecule has 1 aromatic rings. The van der Waals surface area contributed by atoms with Gasteiger partial charge in [0.15, 0.2) is 5.69 Å². The summed E-state index contributed by atoms with van der Waals surface area (Å²) in [6, 6.07) is 2.51. The van der Waals surface area contributed by atoms with Crippen LogP contribution in [0.25, 0.3) is 0 Å². The van der Waals surface area contributed by atoms with E-state index in [1.54, 1.807) is 0 Å². The first-order valence-electron chi connectivity index (χ1n) is 6.06. The lowest BCUT2D eigenvalue weighted by molar-refractivity contribution is -0.384. The van der Waals surface area contributed by atoms with Crippen molar-refractivity contribution in [2.75, 3.05) is 19.0 Å². The molecule has 20 heavy (non-hydrogen) atoms. The van der Waals surface area contributed by atoms with Gasteiger partial charge in [-0.25, -0.2) is 0 Å². The highest BCUT2D eigenvalue weighted by atomic mass is 16.6. The number of nitrogens with zero attached hydrogens (tertiary/aromatic N) is 1. The van der Waals surface area contributed by atoms with Crippen molar-refractivity contribution in [3.05, 3.63) is 40.0 Å². The van der Waals surface area contributed by atoms with Gasteiger partial charge in [0.25, 0.3) is 5.69 Å². The zero-order valence-corrected chi connectivity index (χ0v) is 11.4. The second-order valence-electron chi connectivity index (χ2n) is 3.95. The number of carbonyl (C=O) groups excluding carboxylic acids is 1. The van der Waals surface area contributed by atoms with E-state index in [1.807, 2.05) is 19.1 Å². The summed E-state index contributed by atoms with van der Waals surface area (Å²) in [6.07, 6.45) is 4.66. The summed E-state index contributed by atoms with van der Waals surface area (Å²) in [6.45, 7) is 2.40. The van der Waals surface area contributed by atoms with E-state index in [0.717, 1.165) is 12.5 Å². The number of nitro groups is 1. The average molecular weight is 279 g/mol. The Labute approximate surface area is 116 Å². The Morgan fingerprint density at radius 3 is 2.70 bits per heavy atom. The fraction of sp³-hybridized carbons (Fsp3) is 0.308. The zero-order chi connectivity index (χ0) is 15.1. The van der Waals surface area contributed by atoms with Crippen molar-refractivity contribution in [3.8, 4) is 5.75 Å².